The van der Waals surface area contributed by atoms with Gasteiger partial charge in [-0.3, -0.25) is 19.3 Å². The highest BCUT2D eigenvalue weighted by Gasteiger charge is 2.22. The molecule has 4 N–H and O–H groups in total. The number of para-hydroxylation sites is 1. The number of nitrogens with one attached hydrogen (secondary N) is 2. The highest BCUT2D eigenvalue weighted by molar-refractivity contribution is 6.06. The number of fused-ring (bicyclic) bond motifs is 1. The quantitative estimate of drug-likeness (QED) is 0.745. The summed E-state index contributed by atoms with van der Waals surface area (Å²) < 4.78 is 0. The van der Waals surface area contributed by atoms with Gasteiger partial charge >= 0.3 is 0 Å². The Labute approximate surface area is 138 Å². The standard InChI is InChI=1S/C17H20N4O3/c18-15(22)10-21-7-5-11(6-8-21)19-17(24)13-9-16(23)20-14-4-2-1-3-12(13)14/h1-4,9,11H,5-8,10H2,(H2,18,22)(H,19,24)(H,20,23). The smallest absolute Gasteiger partial charge is 0.252 e. The first-order valence-corrected chi connectivity index (χ1v) is 7.96. The fraction of sp³-hybridized carbons (Fsp3) is 0.353. The van der Waals surface area contributed by atoms with Gasteiger partial charge in [-0.05, 0) is 18.9 Å². The Morgan fingerprint density at radius 1 is 1.25 bits per heavy atom. The number of amides is 2. The third-order valence-corrected chi connectivity index (χ3v) is 4.30. The number of pyridine rings is 1. The number of H-pyrrole nitrogens is 1. The average Bonchev–Trinajstić information content (AvgIpc) is 2.55. The van der Waals surface area contributed by atoms with Gasteiger partial charge in [0.25, 0.3) is 5.91 Å². The molecule has 0 bridgehead atoms. The SMILES string of the molecule is NC(=O)CN1CCC(NC(=O)c2cc(=O)[nH]c3ccccc23)CC1. The minimum absolute atomic E-state index is 0.0275. The van der Waals surface area contributed by atoms with Gasteiger partial charge < -0.3 is 16.0 Å². The van der Waals surface area contributed by atoms with E-state index in [1.165, 1.54) is 6.07 Å². The van der Waals surface area contributed by atoms with Crippen LogP contribution in [0.2, 0.25) is 0 Å². The number of aromatic nitrogens is 1. The van der Waals surface area contributed by atoms with Crippen LogP contribution in [0, 0.1) is 0 Å². The van der Waals surface area contributed by atoms with Crippen molar-refractivity contribution in [2.45, 2.75) is 18.9 Å². The van der Waals surface area contributed by atoms with E-state index in [2.05, 4.69) is 10.3 Å². The van der Waals surface area contributed by atoms with E-state index in [-0.39, 0.29) is 30.0 Å². The van der Waals surface area contributed by atoms with Crippen LogP contribution in [-0.2, 0) is 4.79 Å². The van der Waals surface area contributed by atoms with Crippen molar-refractivity contribution >= 4 is 22.7 Å². The topological polar surface area (TPSA) is 108 Å². The molecule has 0 unspecified atom stereocenters. The van der Waals surface area contributed by atoms with Gasteiger partial charge in [0.2, 0.25) is 11.5 Å². The van der Waals surface area contributed by atoms with Crippen LogP contribution in [0.3, 0.4) is 0 Å². The van der Waals surface area contributed by atoms with Gasteiger partial charge in [0.05, 0.1) is 12.1 Å². The Morgan fingerprint density at radius 2 is 1.96 bits per heavy atom. The maximum atomic E-state index is 12.6. The lowest BCUT2D eigenvalue weighted by atomic mass is 10.0. The van der Waals surface area contributed by atoms with Crippen molar-refractivity contribution in [3.63, 3.8) is 0 Å². The Kier molecular flexibility index (Phi) is 4.61. The molecule has 0 spiro atoms. The number of benzene rings is 1. The Morgan fingerprint density at radius 3 is 2.67 bits per heavy atom. The maximum absolute atomic E-state index is 12.6. The van der Waals surface area contributed by atoms with Crippen molar-refractivity contribution < 1.29 is 9.59 Å². The molecular formula is C17H20N4O3. The van der Waals surface area contributed by atoms with Crippen LogP contribution < -0.4 is 16.6 Å². The van der Waals surface area contributed by atoms with E-state index in [0.717, 1.165) is 18.2 Å². The molecule has 1 saturated heterocycles. The second kappa shape index (κ2) is 6.84. The highest BCUT2D eigenvalue weighted by Crippen LogP contribution is 2.16. The van der Waals surface area contributed by atoms with Gasteiger partial charge in [0, 0.05) is 36.1 Å². The number of hydrogen-bond donors (Lipinski definition) is 3. The molecule has 7 heteroatoms. The van der Waals surface area contributed by atoms with Crippen LogP contribution in [0.4, 0.5) is 0 Å². The van der Waals surface area contributed by atoms with Crippen LogP contribution >= 0.6 is 0 Å². The first kappa shape index (κ1) is 16.2. The lowest BCUT2D eigenvalue weighted by Crippen LogP contribution is -2.46. The molecule has 0 aliphatic carbocycles. The summed E-state index contributed by atoms with van der Waals surface area (Å²) in [6.45, 7) is 1.67. The molecule has 1 fully saturated rings. The van der Waals surface area contributed by atoms with Gasteiger partial charge in [-0.2, -0.15) is 0 Å². The number of hydrogen-bond acceptors (Lipinski definition) is 4. The number of primary amides is 1. The zero-order chi connectivity index (χ0) is 17.1. The number of carbonyl (C=O) groups is 2. The molecule has 2 aromatic rings. The van der Waals surface area contributed by atoms with E-state index in [1.807, 2.05) is 23.1 Å². The molecule has 1 aliphatic rings. The van der Waals surface area contributed by atoms with Crippen molar-refractivity contribution in [2.24, 2.45) is 5.73 Å². The van der Waals surface area contributed by atoms with E-state index in [4.69, 9.17) is 5.73 Å². The summed E-state index contributed by atoms with van der Waals surface area (Å²) in [7, 11) is 0. The Bertz CT molecular complexity index is 822. The van der Waals surface area contributed by atoms with Crippen LogP contribution in [0.15, 0.2) is 35.1 Å². The lowest BCUT2D eigenvalue weighted by molar-refractivity contribution is -0.119. The van der Waals surface area contributed by atoms with E-state index >= 15 is 0 Å². The predicted octanol–water partition coefficient (Wildman–Crippen LogP) is 0.208. The first-order chi connectivity index (χ1) is 11.5. The van der Waals surface area contributed by atoms with Crippen molar-refractivity contribution in [3.8, 4) is 0 Å². The third kappa shape index (κ3) is 3.62. The van der Waals surface area contributed by atoms with E-state index in [9.17, 15) is 14.4 Å². The number of carbonyl (C=O) groups excluding carboxylic acids is 2. The van der Waals surface area contributed by atoms with E-state index in [0.29, 0.717) is 24.2 Å². The zero-order valence-corrected chi connectivity index (χ0v) is 13.2. The molecule has 0 atom stereocenters. The molecule has 1 aromatic heterocycles. The van der Waals surface area contributed by atoms with Gasteiger partial charge in [-0.1, -0.05) is 18.2 Å². The monoisotopic (exact) mass is 328 g/mol. The summed E-state index contributed by atoms with van der Waals surface area (Å²) >= 11 is 0. The number of likely N-dealkylation sites (tertiary alicyclic amines) is 1. The molecule has 2 amide bonds. The Balaban J connectivity index is 1.70. The number of piperidine rings is 1. The maximum Gasteiger partial charge on any atom is 0.252 e. The summed E-state index contributed by atoms with van der Waals surface area (Å²) in [6, 6.07) is 8.60. The summed E-state index contributed by atoms with van der Waals surface area (Å²) in [6.07, 6.45) is 1.50. The molecular weight excluding hydrogens is 308 g/mol. The van der Waals surface area contributed by atoms with E-state index in [1.54, 1.807) is 6.07 Å². The molecule has 3 rings (SSSR count). The third-order valence-electron chi connectivity index (χ3n) is 4.30. The lowest BCUT2D eigenvalue weighted by Gasteiger charge is -2.31. The van der Waals surface area contributed by atoms with Gasteiger partial charge in [-0.25, -0.2) is 0 Å². The number of aromatic amines is 1. The molecule has 7 nitrogen and oxygen atoms in total. The zero-order valence-electron chi connectivity index (χ0n) is 13.2. The average molecular weight is 328 g/mol. The summed E-state index contributed by atoms with van der Waals surface area (Å²) in [5.74, 6) is -0.585. The molecule has 24 heavy (non-hydrogen) atoms. The van der Waals surface area contributed by atoms with Crippen LogP contribution in [0.5, 0.6) is 0 Å². The molecule has 1 aliphatic heterocycles. The van der Waals surface area contributed by atoms with Crippen molar-refractivity contribution in [2.75, 3.05) is 19.6 Å². The van der Waals surface area contributed by atoms with Gasteiger partial charge in [0.15, 0.2) is 0 Å². The van der Waals surface area contributed by atoms with Crippen molar-refractivity contribution in [3.05, 3.63) is 46.2 Å². The fourth-order valence-electron chi connectivity index (χ4n) is 3.11. The highest BCUT2D eigenvalue weighted by atomic mass is 16.2. The molecule has 0 saturated carbocycles. The molecule has 1 aromatic carbocycles. The second-order valence-corrected chi connectivity index (χ2v) is 6.08. The van der Waals surface area contributed by atoms with E-state index < -0.39 is 0 Å². The molecule has 0 radical (unpaired) electrons. The minimum Gasteiger partial charge on any atom is -0.369 e. The van der Waals surface area contributed by atoms with Gasteiger partial charge in [-0.15, -0.1) is 0 Å². The summed E-state index contributed by atoms with van der Waals surface area (Å²) in [4.78, 5) is 40.0. The largest absolute Gasteiger partial charge is 0.369 e. The number of nitrogens with zero attached hydrogens (tertiary/aromatic N) is 1. The van der Waals surface area contributed by atoms with Crippen LogP contribution in [0.1, 0.15) is 23.2 Å². The van der Waals surface area contributed by atoms with Gasteiger partial charge in [0.1, 0.15) is 0 Å². The summed E-state index contributed by atoms with van der Waals surface area (Å²) in [5, 5.41) is 3.72. The molecule has 126 valence electrons. The second-order valence-electron chi connectivity index (χ2n) is 6.08. The Hall–Kier alpha value is -2.67. The molecule has 2 heterocycles. The number of nitrogens with two attached hydrogens (primary N) is 1. The fourth-order valence-corrected chi connectivity index (χ4v) is 3.11. The summed E-state index contributed by atoms with van der Waals surface area (Å²) in [5.41, 5.74) is 5.93. The minimum atomic E-state index is -0.340. The van der Waals surface area contributed by atoms with Crippen molar-refractivity contribution in [1.82, 2.24) is 15.2 Å². The normalized spacial score (nSPS) is 16.2. The van der Waals surface area contributed by atoms with Crippen LogP contribution in [-0.4, -0.2) is 47.4 Å². The predicted molar refractivity (Wildman–Crippen MR) is 90.7 cm³/mol. The first-order valence-electron chi connectivity index (χ1n) is 7.96. The van der Waals surface area contributed by atoms with Crippen LogP contribution in [0.25, 0.3) is 10.9 Å². The van der Waals surface area contributed by atoms with Crippen molar-refractivity contribution in [1.29, 1.82) is 0 Å². The number of rotatable bonds is 4.